The highest BCUT2D eigenvalue weighted by Gasteiger charge is 2.25. The maximum Gasteiger partial charge on any atom is 0.193 e. The zero-order chi connectivity index (χ0) is 18.8. The van der Waals surface area contributed by atoms with Gasteiger partial charge in [-0.15, -0.1) is 0 Å². The summed E-state index contributed by atoms with van der Waals surface area (Å²) in [5.74, 6) is 1.60. The second kappa shape index (κ2) is 11.2. The van der Waals surface area contributed by atoms with Crippen molar-refractivity contribution in [2.45, 2.75) is 39.8 Å². The molecule has 1 saturated heterocycles. The van der Waals surface area contributed by atoms with Gasteiger partial charge in [-0.25, -0.2) is 0 Å². The lowest BCUT2D eigenvalue weighted by Gasteiger charge is -2.29. The van der Waals surface area contributed by atoms with E-state index in [1.165, 1.54) is 12.0 Å². The first-order chi connectivity index (χ1) is 12.7. The van der Waals surface area contributed by atoms with Crippen LogP contribution in [0.2, 0.25) is 0 Å². The summed E-state index contributed by atoms with van der Waals surface area (Å²) in [4.78, 5) is 9.32. The van der Waals surface area contributed by atoms with Crippen LogP contribution in [0.5, 0.6) is 0 Å². The molecule has 1 fully saturated rings. The number of aliphatic imine (C=N–C) groups is 1. The summed E-state index contributed by atoms with van der Waals surface area (Å²) in [5.41, 5.74) is 1.24. The molecule has 0 amide bonds. The number of ether oxygens (including phenoxy) is 1. The lowest BCUT2D eigenvalue weighted by atomic mass is 10.1. The highest BCUT2D eigenvalue weighted by molar-refractivity contribution is 5.80. The molecule has 2 unspecified atom stereocenters. The van der Waals surface area contributed by atoms with Crippen molar-refractivity contribution in [2.24, 2.45) is 10.9 Å². The summed E-state index contributed by atoms with van der Waals surface area (Å²) >= 11 is 0. The largest absolute Gasteiger partial charge is 0.376 e. The van der Waals surface area contributed by atoms with Crippen molar-refractivity contribution >= 4 is 5.96 Å². The van der Waals surface area contributed by atoms with E-state index in [9.17, 15) is 0 Å². The van der Waals surface area contributed by atoms with Crippen LogP contribution >= 0.6 is 0 Å². The summed E-state index contributed by atoms with van der Waals surface area (Å²) in [5, 5.41) is 3.56. The Morgan fingerprint density at radius 3 is 2.69 bits per heavy atom. The van der Waals surface area contributed by atoms with E-state index in [1.54, 1.807) is 0 Å². The molecule has 2 atom stereocenters. The molecule has 0 radical (unpaired) electrons. The van der Waals surface area contributed by atoms with E-state index < -0.39 is 0 Å². The Balaban J connectivity index is 1.71. The van der Waals surface area contributed by atoms with Crippen molar-refractivity contribution in [3.8, 4) is 0 Å². The minimum Gasteiger partial charge on any atom is -0.376 e. The van der Waals surface area contributed by atoms with Crippen LogP contribution in [0.15, 0.2) is 35.3 Å². The second-order valence-corrected chi connectivity index (χ2v) is 7.10. The molecule has 0 aliphatic carbocycles. The number of likely N-dealkylation sites (N-methyl/N-ethyl adjacent to an activating group) is 1. The Kier molecular flexibility index (Phi) is 8.92. The molecule has 1 aromatic carbocycles. The molecule has 1 aliphatic rings. The van der Waals surface area contributed by atoms with Gasteiger partial charge in [0.2, 0.25) is 0 Å². The molecule has 0 aromatic heterocycles. The van der Waals surface area contributed by atoms with Gasteiger partial charge in [-0.05, 0) is 32.0 Å². The van der Waals surface area contributed by atoms with Crippen LogP contribution in [0.1, 0.15) is 32.8 Å². The van der Waals surface area contributed by atoms with Crippen LogP contribution in [0.3, 0.4) is 0 Å². The topological polar surface area (TPSA) is 40.1 Å². The Hall–Kier alpha value is -1.59. The van der Waals surface area contributed by atoms with E-state index in [0.29, 0.717) is 18.6 Å². The van der Waals surface area contributed by atoms with E-state index in [-0.39, 0.29) is 0 Å². The van der Waals surface area contributed by atoms with Gasteiger partial charge in [0.1, 0.15) is 0 Å². The number of guanidine groups is 1. The van der Waals surface area contributed by atoms with E-state index in [4.69, 9.17) is 4.74 Å². The number of nitrogens with one attached hydrogen (secondary N) is 1. The van der Waals surface area contributed by atoms with Crippen molar-refractivity contribution in [3.05, 3.63) is 35.9 Å². The van der Waals surface area contributed by atoms with E-state index in [2.05, 4.69) is 65.1 Å². The lowest BCUT2D eigenvalue weighted by Crippen LogP contribution is -2.47. The van der Waals surface area contributed by atoms with Crippen LogP contribution in [0, 0.1) is 5.92 Å². The van der Waals surface area contributed by atoms with E-state index >= 15 is 0 Å². The number of rotatable bonds is 9. The molecular weight excluding hydrogens is 324 g/mol. The number of nitrogens with zero attached hydrogens (tertiary/aromatic N) is 3. The highest BCUT2D eigenvalue weighted by Crippen LogP contribution is 2.17. The summed E-state index contributed by atoms with van der Waals surface area (Å²) < 4.78 is 5.93. The molecule has 2 rings (SSSR count). The van der Waals surface area contributed by atoms with Gasteiger partial charge in [-0.1, -0.05) is 44.2 Å². The normalized spacial score (nSPS) is 19.2. The third kappa shape index (κ3) is 6.29. The van der Waals surface area contributed by atoms with E-state index in [0.717, 1.165) is 45.3 Å². The van der Waals surface area contributed by atoms with Gasteiger partial charge in [0.25, 0.3) is 0 Å². The monoisotopic (exact) mass is 360 g/mol. The van der Waals surface area contributed by atoms with Crippen molar-refractivity contribution < 1.29 is 4.74 Å². The lowest BCUT2D eigenvalue weighted by molar-refractivity contribution is 0.0906. The summed E-state index contributed by atoms with van der Waals surface area (Å²) in [6.07, 6.45) is 1.17. The number of hydrogen-bond donors (Lipinski definition) is 1. The Bertz CT molecular complexity index is 530. The van der Waals surface area contributed by atoms with Crippen LogP contribution in [-0.4, -0.2) is 68.2 Å². The SMILES string of the molecule is CCN(CC)C(C)CNC(=NC)N1CCC(COCc2ccccc2)C1. The average Bonchev–Trinajstić information content (AvgIpc) is 3.13. The van der Waals surface area contributed by atoms with Crippen molar-refractivity contribution in [1.82, 2.24) is 15.1 Å². The summed E-state index contributed by atoms with van der Waals surface area (Å²) in [6, 6.07) is 10.9. The fourth-order valence-electron chi connectivity index (χ4n) is 3.63. The molecular formula is C21H36N4O. The third-order valence-corrected chi connectivity index (χ3v) is 5.25. The Morgan fingerprint density at radius 2 is 2.04 bits per heavy atom. The minimum absolute atomic E-state index is 0.509. The maximum atomic E-state index is 5.93. The van der Waals surface area contributed by atoms with Crippen molar-refractivity contribution in [2.75, 3.05) is 46.4 Å². The van der Waals surface area contributed by atoms with Gasteiger partial charge in [0.05, 0.1) is 13.2 Å². The Labute approximate surface area is 159 Å². The minimum atomic E-state index is 0.509. The zero-order valence-corrected chi connectivity index (χ0v) is 16.9. The molecule has 0 bridgehead atoms. The molecule has 1 N–H and O–H groups in total. The smallest absolute Gasteiger partial charge is 0.193 e. The number of hydrogen-bond acceptors (Lipinski definition) is 3. The molecule has 26 heavy (non-hydrogen) atoms. The van der Waals surface area contributed by atoms with Crippen LogP contribution in [-0.2, 0) is 11.3 Å². The second-order valence-electron chi connectivity index (χ2n) is 7.10. The fraction of sp³-hybridized carbons (Fsp3) is 0.667. The standard InChI is InChI=1S/C21H36N4O/c1-5-24(6-2)18(3)14-23-21(22-4)25-13-12-20(15-25)17-26-16-19-10-8-7-9-11-19/h7-11,18,20H,5-6,12-17H2,1-4H3,(H,22,23). The van der Waals surface area contributed by atoms with Crippen LogP contribution in [0.4, 0.5) is 0 Å². The van der Waals surface area contributed by atoms with Crippen LogP contribution < -0.4 is 5.32 Å². The third-order valence-electron chi connectivity index (χ3n) is 5.25. The van der Waals surface area contributed by atoms with Crippen molar-refractivity contribution in [3.63, 3.8) is 0 Å². The molecule has 1 aromatic rings. The van der Waals surface area contributed by atoms with Gasteiger partial charge in [-0.2, -0.15) is 0 Å². The molecule has 5 heteroatoms. The quantitative estimate of drug-likeness (QED) is 0.543. The fourth-order valence-corrected chi connectivity index (χ4v) is 3.63. The zero-order valence-electron chi connectivity index (χ0n) is 16.9. The summed E-state index contributed by atoms with van der Waals surface area (Å²) in [7, 11) is 1.88. The molecule has 1 heterocycles. The Morgan fingerprint density at radius 1 is 1.31 bits per heavy atom. The van der Waals surface area contributed by atoms with Crippen molar-refractivity contribution in [1.29, 1.82) is 0 Å². The van der Waals surface area contributed by atoms with Crippen LogP contribution in [0.25, 0.3) is 0 Å². The average molecular weight is 361 g/mol. The highest BCUT2D eigenvalue weighted by atomic mass is 16.5. The van der Waals surface area contributed by atoms with Gasteiger partial charge in [-0.3, -0.25) is 9.89 Å². The molecule has 5 nitrogen and oxygen atoms in total. The number of likely N-dealkylation sites (tertiary alicyclic amines) is 1. The predicted octanol–water partition coefficient (Wildman–Crippen LogP) is 2.83. The molecule has 0 saturated carbocycles. The van der Waals surface area contributed by atoms with E-state index in [1.807, 2.05) is 13.1 Å². The molecule has 0 spiro atoms. The first-order valence-electron chi connectivity index (χ1n) is 9.99. The molecule has 146 valence electrons. The molecule has 1 aliphatic heterocycles. The maximum absolute atomic E-state index is 5.93. The first kappa shape index (κ1) is 20.7. The predicted molar refractivity (Wildman–Crippen MR) is 110 cm³/mol. The summed E-state index contributed by atoms with van der Waals surface area (Å²) in [6.45, 7) is 13.4. The number of benzene rings is 1. The van der Waals surface area contributed by atoms with Gasteiger partial charge < -0.3 is 15.0 Å². The first-order valence-corrected chi connectivity index (χ1v) is 9.99. The van der Waals surface area contributed by atoms with Gasteiger partial charge in [0, 0.05) is 38.6 Å². The van der Waals surface area contributed by atoms with Gasteiger partial charge in [0.15, 0.2) is 5.96 Å². The van der Waals surface area contributed by atoms with Gasteiger partial charge >= 0.3 is 0 Å².